The van der Waals surface area contributed by atoms with Crippen LogP contribution in [0.2, 0.25) is 0 Å². The number of piperazine rings is 1. The summed E-state index contributed by atoms with van der Waals surface area (Å²) in [5.41, 5.74) is 2.32. The third-order valence-electron chi connectivity index (χ3n) is 5.56. The Morgan fingerprint density at radius 3 is 2.10 bits per heavy atom. The molecule has 1 aliphatic rings. The summed E-state index contributed by atoms with van der Waals surface area (Å²) in [5, 5.41) is 4.85. The maximum Gasteiger partial charge on any atom is 0.262 e. The quantitative estimate of drug-likeness (QED) is 0.621. The van der Waals surface area contributed by atoms with Gasteiger partial charge in [-0.3, -0.25) is 14.5 Å². The maximum atomic E-state index is 13.4. The Morgan fingerprint density at radius 1 is 0.839 bits per heavy atom. The van der Waals surface area contributed by atoms with Gasteiger partial charge in [-0.2, -0.15) is 0 Å². The van der Waals surface area contributed by atoms with Crippen LogP contribution in [-0.2, 0) is 17.8 Å². The van der Waals surface area contributed by atoms with Crippen molar-refractivity contribution in [3.8, 4) is 0 Å². The van der Waals surface area contributed by atoms with Crippen molar-refractivity contribution >= 4 is 23.2 Å². The van der Waals surface area contributed by atoms with Gasteiger partial charge in [0.25, 0.3) is 5.91 Å². The molecule has 1 fully saturated rings. The summed E-state index contributed by atoms with van der Waals surface area (Å²) in [6, 6.07) is 23.3. The third-order valence-corrected chi connectivity index (χ3v) is 6.43. The van der Waals surface area contributed by atoms with Gasteiger partial charge >= 0.3 is 0 Å². The molecule has 3 aromatic rings. The van der Waals surface area contributed by atoms with Crippen LogP contribution in [-0.4, -0.2) is 53.8 Å². The SMILES string of the molecule is O=C(NC(Cc1ccccc1)C(=O)N1CCN(Cc2ccccc2)CC1)c1cccs1. The zero-order valence-corrected chi connectivity index (χ0v) is 18.3. The number of thiophene rings is 1. The molecule has 0 spiro atoms. The molecule has 0 bridgehead atoms. The smallest absolute Gasteiger partial charge is 0.262 e. The fourth-order valence-electron chi connectivity index (χ4n) is 3.88. The minimum absolute atomic E-state index is 0.00637. The highest BCUT2D eigenvalue weighted by molar-refractivity contribution is 7.12. The van der Waals surface area contributed by atoms with Crippen molar-refractivity contribution in [3.05, 3.63) is 94.2 Å². The molecule has 2 amide bonds. The minimum Gasteiger partial charge on any atom is -0.339 e. The molecule has 1 unspecified atom stereocenters. The first kappa shape index (κ1) is 21.3. The molecule has 1 N–H and O–H groups in total. The second-order valence-corrected chi connectivity index (χ2v) is 8.73. The third kappa shape index (κ3) is 5.81. The first-order valence-electron chi connectivity index (χ1n) is 10.6. The highest BCUT2D eigenvalue weighted by Crippen LogP contribution is 2.14. The van der Waals surface area contributed by atoms with Crippen molar-refractivity contribution in [2.24, 2.45) is 0 Å². The number of rotatable bonds is 7. The summed E-state index contributed by atoms with van der Waals surface area (Å²) in [6.45, 7) is 3.90. The lowest BCUT2D eigenvalue weighted by atomic mass is 10.0. The van der Waals surface area contributed by atoms with Gasteiger partial charge in [0.15, 0.2) is 0 Å². The van der Waals surface area contributed by atoms with Gasteiger partial charge in [0.2, 0.25) is 5.91 Å². The van der Waals surface area contributed by atoms with Crippen LogP contribution in [0, 0.1) is 0 Å². The van der Waals surface area contributed by atoms with E-state index in [9.17, 15) is 9.59 Å². The molecule has 0 aliphatic carbocycles. The molecule has 1 saturated heterocycles. The molecule has 5 nitrogen and oxygen atoms in total. The Kier molecular flexibility index (Phi) is 7.12. The van der Waals surface area contributed by atoms with Gasteiger partial charge in [-0.1, -0.05) is 66.7 Å². The summed E-state index contributed by atoms with van der Waals surface area (Å²) in [4.78, 5) is 30.9. The van der Waals surface area contributed by atoms with Gasteiger partial charge in [0.05, 0.1) is 4.88 Å². The van der Waals surface area contributed by atoms with Gasteiger partial charge in [0, 0.05) is 39.1 Å². The highest BCUT2D eigenvalue weighted by Gasteiger charge is 2.29. The molecule has 0 saturated carbocycles. The number of benzene rings is 2. The van der Waals surface area contributed by atoms with Crippen molar-refractivity contribution < 1.29 is 9.59 Å². The Balaban J connectivity index is 1.40. The molecule has 2 aromatic carbocycles. The van der Waals surface area contributed by atoms with E-state index in [1.54, 1.807) is 6.07 Å². The van der Waals surface area contributed by atoms with Crippen molar-refractivity contribution in [2.75, 3.05) is 26.2 Å². The summed E-state index contributed by atoms with van der Waals surface area (Å²) in [7, 11) is 0. The van der Waals surface area contributed by atoms with Gasteiger partial charge < -0.3 is 10.2 Å². The summed E-state index contributed by atoms with van der Waals surface area (Å²) < 4.78 is 0. The number of amides is 2. The van der Waals surface area contributed by atoms with E-state index >= 15 is 0 Å². The first-order valence-corrected chi connectivity index (χ1v) is 11.5. The lowest BCUT2D eigenvalue weighted by Crippen LogP contribution is -2.55. The van der Waals surface area contributed by atoms with E-state index in [1.165, 1.54) is 16.9 Å². The molecular formula is C25H27N3O2S. The molecule has 31 heavy (non-hydrogen) atoms. The van der Waals surface area contributed by atoms with E-state index in [0.717, 1.165) is 25.2 Å². The van der Waals surface area contributed by atoms with E-state index in [1.807, 2.05) is 52.7 Å². The lowest BCUT2D eigenvalue weighted by Gasteiger charge is -2.36. The highest BCUT2D eigenvalue weighted by atomic mass is 32.1. The van der Waals surface area contributed by atoms with Crippen LogP contribution in [0.1, 0.15) is 20.8 Å². The van der Waals surface area contributed by atoms with Crippen LogP contribution in [0.5, 0.6) is 0 Å². The van der Waals surface area contributed by atoms with Crippen molar-refractivity contribution in [1.82, 2.24) is 15.1 Å². The van der Waals surface area contributed by atoms with Gasteiger partial charge in [0.1, 0.15) is 6.04 Å². The van der Waals surface area contributed by atoms with E-state index in [2.05, 4.69) is 34.5 Å². The fraction of sp³-hybridized carbons (Fsp3) is 0.280. The Morgan fingerprint density at radius 2 is 1.48 bits per heavy atom. The summed E-state index contributed by atoms with van der Waals surface area (Å²) in [5.74, 6) is -0.194. The van der Waals surface area contributed by atoms with Gasteiger partial charge in [-0.15, -0.1) is 11.3 Å². The van der Waals surface area contributed by atoms with Crippen LogP contribution >= 0.6 is 11.3 Å². The second-order valence-electron chi connectivity index (χ2n) is 7.78. The van der Waals surface area contributed by atoms with Gasteiger partial charge in [-0.05, 0) is 22.6 Å². The van der Waals surface area contributed by atoms with E-state index in [4.69, 9.17) is 0 Å². The molecule has 6 heteroatoms. The van der Waals surface area contributed by atoms with Crippen molar-refractivity contribution in [2.45, 2.75) is 19.0 Å². The van der Waals surface area contributed by atoms with E-state index in [0.29, 0.717) is 24.4 Å². The van der Waals surface area contributed by atoms with Crippen LogP contribution in [0.15, 0.2) is 78.2 Å². The average molecular weight is 434 g/mol. The van der Waals surface area contributed by atoms with Crippen LogP contribution in [0.4, 0.5) is 0 Å². The topological polar surface area (TPSA) is 52.7 Å². The fourth-order valence-corrected chi connectivity index (χ4v) is 4.50. The summed E-state index contributed by atoms with van der Waals surface area (Å²) >= 11 is 1.38. The normalized spacial score (nSPS) is 15.4. The summed E-state index contributed by atoms with van der Waals surface area (Å²) in [6.07, 6.45) is 0.487. The molecule has 1 aromatic heterocycles. The lowest BCUT2D eigenvalue weighted by molar-refractivity contribution is -0.135. The molecule has 2 heterocycles. The second kappa shape index (κ2) is 10.4. The largest absolute Gasteiger partial charge is 0.339 e. The monoisotopic (exact) mass is 433 g/mol. The predicted octanol–water partition coefficient (Wildman–Crippen LogP) is 3.43. The number of hydrogen-bond acceptors (Lipinski definition) is 4. The number of nitrogens with zero attached hydrogens (tertiary/aromatic N) is 2. The molecule has 4 rings (SSSR count). The zero-order valence-electron chi connectivity index (χ0n) is 17.4. The molecular weight excluding hydrogens is 406 g/mol. The van der Waals surface area contributed by atoms with Crippen molar-refractivity contribution in [1.29, 1.82) is 0 Å². The predicted molar refractivity (Wildman–Crippen MR) is 124 cm³/mol. The maximum absolute atomic E-state index is 13.4. The van der Waals surface area contributed by atoms with E-state index in [-0.39, 0.29) is 11.8 Å². The molecule has 0 radical (unpaired) electrons. The standard InChI is InChI=1S/C25H27N3O2S/c29-24(23-12-7-17-31-23)26-22(18-20-8-3-1-4-9-20)25(30)28-15-13-27(14-16-28)19-21-10-5-2-6-11-21/h1-12,17,22H,13-16,18-19H2,(H,26,29). The number of carbonyl (C=O) groups is 2. The van der Waals surface area contributed by atoms with Crippen LogP contribution < -0.4 is 5.32 Å². The zero-order chi connectivity index (χ0) is 21.5. The van der Waals surface area contributed by atoms with Crippen molar-refractivity contribution in [3.63, 3.8) is 0 Å². The van der Waals surface area contributed by atoms with E-state index < -0.39 is 6.04 Å². The molecule has 160 valence electrons. The first-order chi connectivity index (χ1) is 15.2. The number of carbonyl (C=O) groups excluding carboxylic acids is 2. The minimum atomic E-state index is -0.572. The average Bonchev–Trinajstić information content (AvgIpc) is 3.35. The Bertz CT molecular complexity index is 969. The Hall–Kier alpha value is -2.96. The van der Waals surface area contributed by atoms with Gasteiger partial charge in [-0.25, -0.2) is 0 Å². The Labute approximate surface area is 187 Å². The van der Waals surface area contributed by atoms with Crippen LogP contribution in [0.3, 0.4) is 0 Å². The number of hydrogen-bond donors (Lipinski definition) is 1. The number of nitrogens with one attached hydrogen (secondary N) is 1. The molecule has 1 atom stereocenters. The van der Waals surface area contributed by atoms with Crippen LogP contribution in [0.25, 0.3) is 0 Å². The molecule has 1 aliphatic heterocycles.